The third-order valence-corrected chi connectivity index (χ3v) is 5.17. The van der Waals surface area contributed by atoms with Gasteiger partial charge in [0.05, 0.1) is 6.61 Å². The van der Waals surface area contributed by atoms with Crippen LogP contribution in [-0.4, -0.2) is 42.9 Å². The van der Waals surface area contributed by atoms with Crippen LogP contribution >= 0.6 is 0 Å². The Morgan fingerprint density at radius 2 is 1.65 bits per heavy atom. The van der Waals surface area contributed by atoms with Crippen molar-refractivity contribution >= 4 is 11.8 Å². The van der Waals surface area contributed by atoms with Gasteiger partial charge in [-0.2, -0.15) is 0 Å². The Hall–Kier alpha value is -1.14. The summed E-state index contributed by atoms with van der Waals surface area (Å²) in [5.74, 6) is -1.52. The van der Waals surface area contributed by atoms with E-state index in [1.807, 2.05) is 0 Å². The van der Waals surface area contributed by atoms with E-state index in [1.54, 1.807) is 0 Å². The lowest BCUT2D eigenvalue weighted by Crippen LogP contribution is -2.47. The Bertz CT molecular complexity index is 428. The van der Waals surface area contributed by atoms with Gasteiger partial charge in [-0.1, -0.05) is 25.7 Å². The van der Waals surface area contributed by atoms with Gasteiger partial charge < -0.3 is 20.1 Å². The van der Waals surface area contributed by atoms with Crippen LogP contribution in [0.1, 0.15) is 64.2 Å². The van der Waals surface area contributed by atoms with E-state index in [4.69, 9.17) is 9.47 Å². The monoisotopic (exact) mass is 324 g/mol. The molecule has 1 spiro atoms. The van der Waals surface area contributed by atoms with Crippen LogP contribution in [0.4, 0.5) is 0 Å². The van der Waals surface area contributed by atoms with Gasteiger partial charge in [-0.15, -0.1) is 0 Å². The molecule has 0 unspecified atom stereocenters. The first-order valence-corrected chi connectivity index (χ1v) is 9.07. The van der Waals surface area contributed by atoms with E-state index in [-0.39, 0.29) is 12.1 Å². The molecule has 1 saturated heterocycles. The van der Waals surface area contributed by atoms with E-state index in [0.717, 1.165) is 51.4 Å². The van der Waals surface area contributed by atoms with Crippen LogP contribution in [0.3, 0.4) is 0 Å². The smallest absolute Gasteiger partial charge is 0.309 e. The van der Waals surface area contributed by atoms with Crippen LogP contribution in [0.25, 0.3) is 0 Å². The van der Waals surface area contributed by atoms with Gasteiger partial charge in [-0.05, 0) is 25.7 Å². The van der Waals surface area contributed by atoms with Crippen molar-refractivity contribution in [2.75, 3.05) is 13.2 Å². The zero-order chi connectivity index (χ0) is 16.1. The van der Waals surface area contributed by atoms with Crippen molar-refractivity contribution in [2.45, 2.75) is 82.1 Å². The summed E-state index contributed by atoms with van der Waals surface area (Å²) in [7, 11) is 0. The van der Waals surface area contributed by atoms with Crippen LogP contribution < -0.4 is 10.6 Å². The maximum Gasteiger partial charge on any atom is 0.309 e. The lowest BCUT2D eigenvalue weighted by Gasteiger charge is -2.31. The number of hydrogen-bond donors (Lipinski definition) is 2. The lowest BCUT2D eigenvalue weighted by atomic mass is 9.94. The molecule has 6 heteroatoms. The minimum atomic E-state index is -0.566. The number of ether oxygens (including phenoxy) is 2. The summed E-state index contributed by atoms with van der Waals surface area (Å²) in [5, 5.41) is 5.51. The van der Waals surface area contributed by atoms with E-state index >= 15 is 0 Å². The normalized spacial score (nSPS) is 27.7. The first-order chi connectivity index (χ1) is 11.2. The van der Waals surface area contributed by atoms with Gasteiger partial charge >= 0.3 is 11.8 Å². The number of hydrogen-bond acceptors (Lipinski definition) is 4. The molecule has 2 N–H and O–H groups in total. The van der Waals surface area contributed by atoms with Crippen molar-refractivity contribution in [3.63, 3.8) is 0 Å². The standard InChI is InChI=1S/C17H28N2O4/c20-15(16(21)19-13-7-3-1-4-8-13)18-11-14-12-22-17(23-14)9-5-2-6-10-17/h13-14H,1-12H2,(H,18,20)(H,19,21)/t14-/m0/s1. The molecule has 23 heavy (non-hydrogen) atoms. The molecule has 130 valence electrons. The van der Waals surface area contributed by atoms with Gasteiger partial charge in [0, 0.05) is 25.4 Å². The SMILES string of the molecule is O=C(NC[C@H]1COC2(CCCCC2)O1)C(=O)NC1CCCCC1. The summed E-state index contributed by atoms with van der Waals surface area (Å²) in [6.07, 6.45) is 10.6. The number of rotatable bonds is 3. The molecule has 0 aromatic rings. The van der Waals surface area contributed by atoms with Gasteiger partial charge in [0.15, 0.2) is 5.79 Å². The summed E-state index contributed by atoms with van der Waals surface area (Å²) in [5.41, 5.74) is 0. The second kappa shape index (κ2) is 7.62. The van der Waals surface area contributed by atoms with Gasteiger partial charge in [0.25, 0.3) is 0 Å². The van der Waals surface area contributed by atoms with E-state index in [2.05, 4.69) is 10.6 Å². The van der Waals surface area contributed by atoms with Crippen LogP contribution in [-0.2, 0) is 19.1 Å². The zero-order valence-electron chi connectivity index (χ0n) is 13.8. The van der Waals surface area contributed by atoms with E-state index in [9.17, 15) is 9.59 Å². The molecule has 0 aromatic carbocycles. The quantitative estimate of drug-likeness (QED) is 0.774. The van der Waals surface area contributed by atoms with E-state index in [0.29, 0.717) is 13.2 Å². The average molecular weight is 324 g/mol. The minimum absolute atomic E-state index is 0.151. The van der Waals surface area contributed by atoms with Crippen molar-refractivity contribution in [2.24, 2.45) is 0 Å². The average Bonchev–Trinajstić information content (AvgIpc) is 2.96. The molecule has 3 rings (SSSR count). The van der Waals surface area contributed by atoms with Crippen molar-refractivity contribution in [3.8, 4) is 0 Å². The molecular formula is C17H28N2O4. The maximum atomic E-state index is 11.9. The molecule has 1 aliphatic heterocycles. The zero-order valence-corrected chi connectivity index (χ0v) is 13.8. The molecule has 6 nitrogen and oxygen atoms in total. The van der Waals surface area contributed by atoms with Crippen molar-refractivity contribution in [1.82, 2.24) is 10.6 Å². The Labute approximate surface area is 137 Å². The number of nitrogens with one attached hydrogen (secondary N) is 2. The highest BCUT2D eigenvalue weighted by atomic mass is 16.7. The Morgan fingerprint density at radius 1 is 0.957 bits per heavy atom. The molecule has 0 radical (unpaired) electrons. The summed E-state index contributed by atoms with van der Waals surface area (Å²) in [6.45, 7) is 0.823. The molecule has 1 atom stereocenters. The van der Waals surface area contributed by atoms with E-state index < -0.39 is 17.6 Å². The largest absolute Gasteiger partial charge is 0.347 e. The Kier molecular flexibility index (Phi) is 5.54. The van der Waals surface area contributed by atoms with Gasteiger partial charge in [0.1, 0.15) is 6.10 Å². The second-order valence-electron chi connectivity index (χ2n) is 7.04. The summed E-state index contributed by atoms with van der Waals surface area (Å²) < 4.78 is 11.8. The second-order valence-corrected chi connectivity index (χ2v) is 7.04. The molecule has 2 amide bonds. The van der Waals surface area contributed by atoms with Crippen LogP contribution in [0.15, 0.2) is 0 Å². The number of amides is 2. The first-order valence-electron chi connectivity index (χ1n) is 9.07. The van der Waals surface area contributed by atoms with E-state index in [1.165, 1.54) is 12.8 Å². The third-order valence-electron chi connectivity index (χ3n) is 5.17. The first kappa shape index (κ1) is 16.7. The Balaban J connectivity index is 1.38. The number of carbonyl (C=O) groups is 2. The maximum absolute atomic E-state index is 11.9. The fourth-order valence-corrected chi connectivity index (χ4v) is 3.85. The molecule has 1 heterocycles. The minimum Gasteiger partial charge on any atom is -0.347 e. The highest BCUT2D eigenvalue weighted by molar-refractivity contribution is 6.35. The fourth-order valence-electron chi connectivity index (χ4n) is 3.85. The van der Waals surface area contributed by atoms with Crippen molar-refractivity contribution in [3.05, 3.63) is 0 Å². The van der Waals surface area contributed by atoms with Gasteiger partial charge in [-0.3, -0.25) is 9.59 Å². The predicted molar refractivity (Wildman–Crippen MR) is 84.7 cm³/mol. The lowest BCUT2D eigenvalue weighted by molar-refractivity contribution is -0.186. The molecule has 0 bridgehead atoms. The Morgan fingerprint density at radius 3 is 2.39 bits per heavy atom. The van der Waals surface area contributed by atoms with Crippen LogP contribution in [0.5, 0.6) is 0 Å². The molecule has 3 fully saturated rings. The molecule has 2 aliphatic carbocycles. The fraction of sp³-hybridized carbons (Fsp3) is 0.882. The van der Waals surface area contributed by atoms with Crippen molar-refractivity contribution < 1.29 is 19.1 Å². The van der Waals surface area contributed by atoms with Gasteiger partial charge in [0.2, 0.25) is 0 Å². The highest BCUT2D eigenvalue weighted by Crippen LogP contribution is 2.37. The topological polar surface area (TPSA) is 76.7 Å². The van der Waals surface area contributed by atoms with Crippen LogP contribution in [0.2, 0.25) is 0 Å². The highest BCUT2D eigenvalue weighted by Gasteiger charge is 2.42. The molecule has 3 aliphatic rings. The predicted octanol–water partition coefficient (Wildman–Crippen LogP) is 1.63. The molecule has 0 aromatic heterocycles. The summed E-state index contributed by atoms with van der Waals surface area (Å²) >= 11 is 0. The number of carbonyl (C=O) groups excluding carboxylic acids is 2. The van der Waals surface area contributed by atoms with Gasteiger partial charge in [-0.25, -0.2) is 0 Å². The molecule has 2 saturated carbocycles. The summed E-state index contributed by atoms with van der Waals surface area (Å²) in [4.78, 5) is 23.8. The molecular weight excluding hydrogens is 296 g/mol. The van der Waals surface area contributed by atoms with Crippen molar-refractivity contribution in [1.29, 1.82) is 0 Å². The third kappa shape index (κ3) is 4.44. The summed E-state index contributed by atoms with van der Waals surface area (Å²) in [6, 6.07) is 0.151. The van der Waals surface area contributed by atoms with Crippen LogP contribution in [0, 0.1) is 0 Å².